The Labute approximate surface area is 175 Å². The molecule has 0 aromatic heterocycles. The van der Waals surface area contributed by atoms with Crippen LogP contribution in [0.25, 0.3) is 6.08 Å². The van der Waals surface area contributed by atoms with Crippen molar-refractivity contribution < 1.29 is 17.6 Å². The molecule has 0 unspecified atom stereocenters. The molecular formula is C23H21FN2O3S. The predicted octanol–water partition coefficient (Wildman–Crippen LogP) is 4.21. The number of amides is 1. The highest BCUT2D eigenvalue weighted by Crippen LogP contribution is 2.13. The lowest BCUT2D eigenvalue weighted by atomic mass is 10.1. The fraction of sp³-hybridized carbons (Fsp3) is 0.0870. The van der Waals surface area contributed by atoms with Gasteiger partial charge in [-0.05, 0) is 60.0 Å². The SMILES string of the molecule is O=C(NCCc1ccc(F)cc1)c1ccc(NS(=O)(=O)C=Cc2ccccc2)cc1. The summed E-state index contributed by atoms with van der Waals surface area (Å²) in [5.74, 6) is -0.565. The first-order valence-electron chi connectivity index (χ1n) is 9.30. The molecule has 0 bridgehead atoms. The van der Waals surface area contributed by atoms with Gasteiger partial charge in [-0.1, -0.05) is 42.5 Å². The molecule has 0 aliphatic rings. The molecule has 0 atom stereocenters. The smallest absolute Gasteiger partial charge is 0.255 e. The van der Waals surface area contributed by atoms with Crippen LogP contribution in [0.3, 0.4) is 0 Å². The molecule has 154 valence electrons. The predicted molar refractivity (Wildman–Crippen MR) is 117 cm³/mol. The van der Waals surface area contributed by atoms with Gasteiger partial charge >= 0.3 is 0 Å². The highest BCUT2D eigenvalue weighted by Gasteiger charge is 2.08. The minimum Gasteiger partial charge on any atom is -0.352 e. The van der Waals surface area contributed by atoms with Gasteiger partial charge in [0.1, 0.15) is 5.82 Å². The number of sulfonamides is 1. The van der Waals surface area contributed by atoms with E-state index in [4.69, 9.17) is 0 Å². The maximum Gasteiger partial charge on any atom is 0.255 e. The van der Waals surface area contributed by atoms with Crippen LogP contribution in [-0.2, 0) is 16.4 Å². The number of carbonyl (C=O) groups is 1. The van der Waals surface area contributed by atoms with E-state index >= 15 is 0 Å². The molecule has 2 N–H and O–H groups in total. The standard InChI is InChI=1S/C23H21FN2O3S/c24-21-10-6-19(7-11-21)14-16-25-23(27)20-8-12-22(13-9-20)26-30(28,29)17-15-18-4-2-1-3-5-18/h1-13,15,17,26H,14,16H2,(H,25,27). The van der Waals surface area contributed by atoms with E-state index in [0.29, 0.717) is 24.2 Å². The first-order valence-corrected chi connectivity index (χ1v) is 10.8. The Morgan fingerprint density at radius 3 is 2.23 bits per heavy atom. The summed E-state index contributed by atoms with van der Waals surface area (Å²) in [5.41, 5.74) is 2.47. The van der Waals surface area contributed by atoms with Crippen molar-refractivity contribution in [2.45, 2.75) is 6.42 Å². The molecular weight excluding hydrogens is 403 g/mol. The van der Waals surface area contributed by atoms with E-state index in [9.17, 15) is 17.6 Å². The lowest BCUT2D eigenvalue weighted by molar-refractivity contribution is 0.0954. The van der Waals surface area contributed by atoms with E-state index in [1.807, 2.05) is 18.2 Å². The van der Waals surface area contributed by atoms with Gasteiger partial charge in [0.15, 0.2) is 0 Å². The fourth-order valence-electron chi connectivity index (χ4n) is 2.69. The van der Waals surface area contributed by atoms with Gasteiger partial charge in [0, 0.05) is 17.8 Å². The normalized spacial score (nSPS) is 11.4. The zero-order valence-corrected chi connectivity index (χ0v) is 16.9. The maximum atomic E-state index is 12.9. The van der Waals surface area contributed by atoms with Crippen LogP contribution in [0.1, 0.15) is 21.5 Å². The van der Waals surface area contributed by atoms with Crippen LogP contribution in [0.5, 0.6) is 0 Å². The summed E-state index contributed by atoms with van der Waals surface area (Å²) in [7, 11) is -3.67. The Morgan fingerprint density at radius 2 is 1.57 bits per heavy atom. The summed E-state index contributed by atoms with van der Waals surface area (Å²) >= 11 is 0. The average molecular weight is 424 g/mol. The molecule has 0 saturated carbocycles. The summed E-state index contributed by atoms with van der Waals surface area (Å²) in [6.07, 6.45) is 2.09. The van der Waals surface area contributed by atoms with E-state index in [2.05, 4.69) is 10.0 Å². The van der Waals surface area contributed by atoms with Crippen molar-refractivity contribution in [2.24, 2.45) is 0 Å². The topological polar surface area (TPSA) is 75.3 Å². The highest BCUT2D eigenvalue weighted by molar-refractivity contribution is 7.95. The maximum absolute atomic E-state index is 12.9. The summed E-state index contributed by atoms with van der Waals surface area (Å²) in [6, 6.07) is 21.4. The van der Waals surface area contributed by atoms with Crippen molar-refractivity contribution in [3.63, 3.8) is 0 Å². The number of nitrogens with one attached hydrogen (secondary N) is 2. The molecule has 0 aliphatic carbocycles. The van der Waals surface area contributed by atoms with Gasteiger partial charge < -0.3 is 5.32 Å². The molecule has 0 fully saturated rings. The first-order chi connectivity index (χ1) is 14.4. The Hall–Kier alpha value is -3.45. The van der Waals surface area contributed by atoms with Crippen molar-refractivity contribution in [3.8, 4) is 0 Å². The van der Waals surface area contributed by atoms with Gasteiger partial charge in [0.25, 0.3) is 15.9 Å². The number of hydrogen-bond donors (Lipinski definition) is 2. The molecule has 7 heteroatoms. The third kappa shape index (κ3) is 6.56. The Kier molecular flexibility index (Phi) is 6.98. The molecule has 3 aromatic rings. The van der Waals surface area contributed by atoms with E-state index in [0.717, 1.165) is 16.5 Å². The molecule has 0 spiro atoms. The monoisotopic (exact) mass is 424 g/mol. The van der Waals surface area contributed by atoms with Crippen LogP contribution in [0.15, 0.2) is 84.3 Å². The molecule has 3 rings (SSSR count). The molecule has 0 saturated heterocycles. The Morgan fingerprint density at radius 1 is 0.900 bits per heavy atom. The second kappa shape index (κ2) is 9.84. The number of hydrogen-bond acceptors (Lipinski definition) is 3. The molecule has 1 amide bonds. The van der Waals surface area contributed by atoms with Gasteiger partial charge in [0.2, 0.25) is 0 Å². The first kappa shape index (κ1) is 21.3. The van der Waals surface area contributed by atoms with E-state index in [1.165, 1.54) is 30.3 Å². The van der Waals surface area contributed by atoms with E-state index in [-0.39, 0.29) is 11.7 Å². The molecule has 0 radical (unpaired) electrons. The molecule has 0 heterocycles. The minimum atomic E-state index is -3.67. The second-order valence-electron chi connectivity index (χ2n) is 6.57. The Balaban J connectivity index is 1.52. The largest absolute Gasteiger partial charge is 0.352 e. The van der Waals surface area contributed by atoms with Crippen LogP contribution >= 0.6 is 0 Å². The summed E-state index contributed by atoms with van der Waals surface area (Å²) in [6.45, 7) is 0.406. The van der Waals surface area contributed by atoms with Crippen molar-refractivity contribution in [3.05, 3.63) is 107 Å². The van der Waals surface area contributed by atoms with Crippen LogP contribution < -0.4 is 10.0 Å². The van der Waals surface area contributed by atoms with Gasteiger partial charge in [-0.25, -0.2) is 12.8 Å². The van der Waals surface area contributed by atoms with Crippen LogP contribution in [0.2, 0.25) is 0 Å². The van der Waals surface area contributed by atoms with Gasteiger partial charge in [-0.15, -0.1) is 0 Å². The molecule has 0 aliphatic heterocycles. The lowest BCUT2D eigenvalue weighted by Gasteiger charge is -2.08. The van der Waals surface area contributed by atoms with Crippen LogP contribution in [-0.4, -0.2) is 20.9 Å². The fourth-order valence-corrected chi connectivity index (χ4v) is 3.56. The van der Waals surface area contributed by atoms with E-state index in [1.54, 1.807) is 36.4 Å². The number of rotatable bonds is 8. The van der Waals surface area contributed by atoms with Gasteiger partial charge in [-0.2, -0.15) is 0 Å². The van der Waals surface area contributed by atoms with Crippen LogP contribution in [0, 0.1) is 5.82 Å². The zero-order valence-electron chi connectivity index (χ0n) is 16.1. The van der Waals surface area contributed by atoms with Gasteiger partial charge in [0.05, 0.1) is 5.41 Å². The highest BCUT2D eigenvalue weighted by atomic mass is 32.2. The Bertz CT molecular complexity index is 1110. The van der Waals surface area contributed by atoms with Crippen molar-refractivity contribution in [2.75, 3.05) is 11.3 Å². The van der Waals surface area contributed by atoms with Crippen molar-refractivity contribution in [1.29, 1.82) is 0 Å². The molecule has 3 aromatic carbocycles. The summed E-state index contributed by atoms with van der Waals surface area (Å²) < 4.78 is 39.7. The lowest BCUT2D eigenvalue weighted by Crippen LogP contribution is -2.25. The van der Waals surface area contributed by atoms with Crippen molar-refractivity contribution in [1.82, 2.24) is 5.32 Å². The number of carbonyl (C=O) groups excluding carboxylic acids is 1. The second-order valence-corrected chi connectivity index (χ2v) is 8.14. The number of halogens is 1. The average Bonchev–Trinajstić information content (AvgIpc) is 2.75. The van der Waals surface area contributed by atoms with Crippen LogP contribution in [0.4, 0.5) is 10.1 Å². The summed E-state index contributed by atoms with van der Waals surface area (Å²) in [4.78, 5) is 12.2. The quantitative estimate of drug-likeness (QED) is 0.569. The minimum absolute atomic E-state index is 0.268. The molecule has 5 nitrogen and oxygen atoms in total. The van der Waals surface area contributed by atoms with Gasteiger partial charge in [-0.3, -0.25) is 9.52 Å². The summed E-state index contributed by atoms with van der Waals surface area (Å²) in [5, 5.41) is 3.88. The van der Waals surface area contributed by atoms with Crippen molar-refractivity contribution >= 4 is 27.7 Å². The number of anilines is 1. The third-order valence-corrected chi connectivity index (χ3v) is 5.27. The third-order valence-electron chi connectivity index (χ3n) is 4.26. The number of benzene rings is 3. The molecule has 30 heavy (non-hydrogen) atoms. The van der Waals surface area contributed by atoms with E-state index < -0.39 is 10.0 Å². The zero-order chi connectivity index (χ0) is 21.4.